The largest absolute Gasteiger partial charge is 0.443 e. The molecule has 5 rings (SSSR count). The number of aromatic nitrogens is 1. The monoisotopic (exact) mass is 381 g/mol. The Morgan fingerprint density at radius 1 is 1.32 bits per heavy atom. The molecule has 3 saturated heterocycles. The minimum atomic E-state index is -0.537. The van der Waals surface area contributed by atoms with Gasteiger partial charge in [0.25, 0.3) is 0 Å². The molecule has 0 saturated carbocycles. The van der Waals surface area contributed by atoms with Crippen molar-refractivity contribution in [1.82, 2.24) is 9.88 Å². The summed E-state index contributed by atoms with van der Waals surface area (Å²) in [6.07, 6.45) is 2.03. The van der Waals surface area contributed by atoms with E-state index in [1.807, 2.05) is 0 Å². The van der Waals surface area contributed by atoms with Gasteiger partial charge in [-0.05, 0) is 18.2 Å². The van der Waals surface area contributed by atoms with Gasteiger partial charge in [-0.15, -0.1) is 11.3 Å². The highest BCUT2D eigenvalue weighted by Gasteiger charge is 2.42. The van der Waals surface area contributed by atoms with Crippen LogP contribution in [0.4, 0.5) is 15.0 Å². The summed E-state index contributed by atoms with van der Waals surface area (Å²) in [5, 5.41) is 3.10. The highest BCUT2D eigenvalue weighted by Crippen LogP contribution is 2.37. The van der Waals surface area contributed by atoms with E-state index in [9.17, 15) is 9.18 Å². The van der Waals surface area contributed by atoms with E-state index in [0.29, 0.717) is 21.3 Å². The third kappa shape index (κ3) is 3.36. The maximum atomic E-state index is 14.1. The molecule has 25 heavy (non-hydrogen) atoms. The van der Waals surface area contributed by atoms with Crippen LogP contribution in [0.25, 0.3) is 10.4 Å². The first-order chi connectivity index (χ1) is 12.0. The van der Waals surface area contributed by atoms with E-state index < -0.39 is 11.9 Å². The lowest BCUT2D eigenvalue weighted by atomic mass is 9.83. The molecule has 0 atom stereocenters. The van der Waals surface area contributed by atoms with Crippen LogP contribution in [-0.2, 0) is 4.74 Å². The minimum Gasteiger partial charge on any atom is -0.443 e. The number of amides is 1. The predicted molar refractivity (Wildman–Crippen MR) is 95.6 cm³/mol. The van der Waals surface area contributed by atoms with Gasteiger partial charge in [0.15, 0.2) is 5.82 Å². The van der Waals surface area contributed by atoms with Gasteiger partial charge >= 0.3 is 6.09 Å². The second-order valence-electron chi connectivity index (χ2n) is 6.44. The molecule has 2 bridgehead atoms. The topological polar surface area (TPSA) is 54.5 Å². The number of hydrogen-bond acceptors (Lipinski definition) is 5. The van der Waals surface area contributed by atoms with Gasteiger partial charge in [0, 0.05) is 49.5 Å². The van der Waals surface area contributed by atoms with Crippen molar-refractivity contribution in [2.75, 3.05) is 25.0 Å². The van der Waals surface area contributed by atoms with Crippen LogP contribution in [0.1, 0.15) is 19.3 Å². The first kappa shape index (κ1) is 16.8. The van der Waals surface area contributed by atoms with Crippen LogP contribution in [0.3, 0.4) is 0 Å². The average Bonchev–Trinajstić information content (AvgIpc) is 3.06. The number of hydrogen-bond donors (Lipinski definition) is 1. The highest BCUT2D eigenvalue weighted by molar-refractivity contribution is 7.13. The van der Waals surface area contributed by atoms with Crippen LogP contribution >= 0.6 is 22.9 Å². The Morgan fingerprint density at radius 3 is 2.76 bits per heavy atom. The smallest absolute Gasteiger partial charge is 0.413 e. The number of anilines is 1. The molecule has 3 aliphatic rings. The van der Waals surface area contributed by atoms with E-state index in [0.717, 1.165) is 38.9 Å². The summed E-state index contributed by atoms with van der Waals surface area (Å²) in [6, 6.07) is 4.31. The van der Waals surface area contributed by atoms with Crippen LogP contribution in [0, 0.1) is 5.82 Å². The zero-order valence-electron chi connectivity index (χ0n) is 13.4. The van der Waals surface area contributed by atoms with Gasteiger partial charge < -0.3 is 9.64 Å². The molecule has 3 fully saturated rings. The predicted octanol–water partition coefficient (Wildman–Crippen LogP) is 4.39. The fourth-order valence-electron chi connectivity index (χ4n) is 3.47. The third-order valence-electron chi connectivity index (χ3n) is 4.92. The normalized spacial score (nSPS) is 25.0. The summed E-state index contributed by atoms with van der Waals surface area (Å²) in [4.78, 5) is 19.4. The standard InChI is InChI=1S/C17H17ClFN3O2S/c18-11-1-2-13(19)12(9-11)14-15(20-10-25-14)21-16(23)24-17-3-6-22(7-4-17)8-5-17/h1-2,9-10H,3-8H2,(H,21,23). The number of rotatable bonds is 3. The third-order valence-corrected chi connectivity index (χ3v) is 6.02. The minimum absolute atomic E-state index is 0.292. The average molecular weight is 382 g/mol. The molecule has 8 heteroatoms. The van der Waals surface area contributed by atoms with Crippen molar-refractivity contribution >= 4 is 34.8 Å². The Labute approximate surface area is 153 Å². The molecule has 1 amide bonds. The number of ether oxygens (including phenoxy) is 1. The van der Waals surface area contributed by atoms with Gasteiger partial charge in [-0.1, -0.05) is 11.6 Å². The van der Waals surface area contributed by atoms with E-state index in [4.69, 9.17) is 16.3 Å². The molecule has 2 aromatic rings. The maximum absolute atomic E-state index is 14.1. The fraction of sp³-hybridized carbons (Fsp3) is 0.412. The van der Waals surface area contributed by atoms with Gasteiger partial charge in [0.2, 0.25) is 0 Å². The number of carbonyl (C=O) groups is 1. The van der Waals surface area contributed by atoms with Gasteiger partial charge in [0.1, 0.15) is 11.4 Å². The van der Waals surface area contributed by atoms with Crippen molar-refractivity contribution in [2.45, 2.75) is 24.9 Å². The summed E-state index contributed by atoms with van der Waals surface area (Å²) in [5.74, 6) is -0.121. The zero-order chi connectivity index (χ0) is 17.4. The molecule has 5 nitrogen and oxygen atoms in total. The summed E-state index contributed by atoms with van der Waals surface area (Å²) in [6.45, 7) is 2.88. The lowest BCUT2D eigenvalue weighted by molar-refractivity contribution is -0.0742. The molecule has 0 aliphatic carbocycles. The zero-order valence-corrected chi connectivity index (χ0v) is 15.0. The number of fused-ring (bicyclic) bond motifs is 3. The summed E-state index contributed by atoms with van der Waals surface area (Å²) < 4.78 is 19.9. The lowest BCUT2D eigenvalue weighted by Gasteiger charge is -2.47. The van der Waals surface area contributed by atoms with Gasteiger partial charge in [-0.2, -0.15) is 0 Å². The van der Waals surface area contributed by atoms with Crippen LogP contribution in [0.2, 0.25) is 5.02 Å². The van der Waals surface area contributed by atoms with Crippen molar-refractivity contribution < 1.29 is 13.9 Å². The van der Waals surface area contributed by atoms with Gasteiger partial charge in [0.05, 0.1) is 10.4 Å². The van der Waals surface area contributed by atoms with Crippen molar-refractivity contribution in [3.05, 3.63) is 34.5 Å². The molecular weight excluding hydrogens is 365 g/mol. The van der Waals surface area contributed by atoms with Crippen LogP contribution < -0.4 is 5.32 Å². The molecule has 0 radical (unpaired) electrons. The van der Waals surface area contributed by atoms with E-state index in [-0.39, 0.29) is 5.60 Å². The highest BCUT2D eigenvalue weighted by atomic mass is 35.5. The number of nitrogens with one attached hydrogen (secondary N) is 1. The van der Waals surface area contributed by atoms with Crippen molar-refractivity contribution in [3.63, 3.8) is 0 Å². The number of halogens is 2. The second kappa shape index (κ2) is 6.55. The maximum Gasteiger partial charge on any atom is 0.413 e. The Balaban J connectivity index is 1.51. The van der Waals surface area contributed by atoms with Crippen molar-refractivity contribution in [3.8, 4) is 10.4 Å². The Bertz CT molecular complexity index is 791. The number of piperidine rings is 3. The number of thiazole rings is 1. The Hall–Kier alpha value is -1.70. The molecule has 132 valence electrons. The quantitative estimate of drug-likeness (QED) is 0.856. The Kier molecular flexibility index (Phi) is 4.39. The summed E-state index contributed by atoms with van der Waals surface area (Å²) in [5.41, 5.74) is 1.49. The van der Waals surface area contributed by atoms with Crippen molar-refractivity contribution in [1.29, 1.82) is 0 Å². The van der Waals surface area contributed by atoms with E-state index in [1.165, 1.54) is 29.5 Å². The number of carbonyl (C=O) groups excluding carboxylic acids is 1. The van der Waals surface area contributed by atoms with E-state index in [2.05, 4.69) is 15.2 Å². The first-order valence-corrected chi connectivity index (χ1v) is 9.42. The molecule has 1 N–H and O–H groups in total. The summed E-state index contributed by atoms with van der Waals surface area (Å²) >= 11 is 7.20. The molecule has 0 unspecified atom stereocenters. The molecule has 4 heterocycles. The van der Waals surface area contributed by atoms with Crippen LogP contribution in [-0.4, -0.2) is 41.2 Å². The first-order valence-electron chi connectivity index (χ1n) is 8.16. The van der Waals surface area contributed by atoms with E-state index in [1.54, 1.807) is 5.51 Å². The fourth-order valence-corrected chi connectivity index (χ4v) is 4.40. The molecule has 1 aromatic heterocycles. The van der Waals surface area contributed by atoms with Gasteiger partial charge in [-0.25, -0.2) is 14.2 Å². The van der Waals surface area contributed by atoms with E-state index >= 15 is 0 Å². The number of benzene rings is 1. The van der Waals surface area contributed by atoms with Crippen molar-refractivity contribution in [2.24, 2.45) is 0 Å². The summed E-state index contributed by atoms with van der Waals surface area (Å²) in [7, 11) is 0. The second-order valence-corrected chi connectivity index (χ2v) is 7.73. The molecule has 1 aromatic carbocycles. The SMILES string of the molecule is O=C(Nc1ncsc1-c1cc(Cl)ccc1F)OC12CCN(CC1)CC2. The molecule has 3 aliphatic heterocycles. The molecule has 0 spiro atoms. The lowest BCUT2D eigenvalue weighted by Crippen LogP contribution is -2.54. The van der Waals surface area contributed by atoms with Gasteiger partial charge in [-0.3, -0.25) is 5.32 Å². The van der Waals surface area contributed by atoms with Crippen LogP contribution in [0.15, 0.2) is 23.7 Å². The number of nitrogens with zero attached hydrogens (tertiary/aromatic N) is 2. The molecular formula is C17H17ClFN3O2S. The Morgan fingerprint density at radius 2 is 2.04 bits per heavy atom. The van der Waals surface area contributed by atoms with Crippen LogP contribution in [0.5, 0.6) is 0 Å².